The molecule has 1 aliphatic carbocycles. The Morgan fingerprint density at radius 2 is 1.86 bits per heavy atom. The molecular weight excluding hydrogens is 174 g/mol. The molecule has 0 aromatic heterocycles. The summed E-state index contributed by atoms with van der Waals surface area (Å²) in [6, 6.07) is 10.4. The van der Waals surface area contributed by atoms with Gasteiger partial charge in [0.05, 0.1) is 6.04 Å². The third-order valence-corrected chi connectivity index (χ3v) is 2.50. The summed E-state index contributed by atoms with van der Waals surface area (Å²) in [4.78, 5) is 4.28. The number of guanidine groups is 1. The van der Waals surface area contributed by atoms with Crippen molar-refractivity contribution in [2.45, 2.75) is 18.9 Å². The summed E-state index contributed by atoms with van der Waals surface area (Å²) in [5, 5.41) is 0. The van der Waals surface area contributed by atoms with E-state index in [1.165, 1.54) is 18.4 Å². The first-order valence-corrected chi connectivity index (χ1v) is 4.91. The molecule has 1 saturated carbocycles. The smallest absolute Gasteiger partial charge is 0.186 e. The number of rotatable bonds is 3. The first-order chi connectivity index (χ1) is 6.77. The van der Waals surface area contributed by atoms with E-state index in [0.717, 1.165) is 0 Å². The molecule has 1 aromatic carbocycles. The molecule has 1 aromatic rings. The third kappa shape index (κ3) is 2.05. The summed E-state index contributed by atoms with van der Waals surface area (Å²) in [5.74, 6) is 0.824. The van der Waals surface area contributed by atoms with Crippen molar-refractivity contribution in [2.24, 2.45) is 22.4 Å². The Labute approximate surface area is 83.8 Å². The monoisotopic (exact) mass is 189 g/mol. The zero-order chi connectivity index (χ0) is 9.97. The zero-order valence-electron chi connectivity index (χ0n) is 8.06. The highest BCUT2D eigenvalue weighted by molar-refractivity contribution is 5.76. The minimum Gasteiger partial charge on any atom is -0.370 e. The van der Waals surface area contributed by atoms with Crippen molar-refractivity contribution >= 4 is 5.96 Å². The molecule has 1 unspecified atom stereocenters. The van der Waals surface area contributed by atoms with Gasteiger partial charge in [-0.25, -0.2) is 4.99 Å². The van der Waals surface area contributed by atoms with Gasteiger partial charge in [-0.05, 0) is 24.3 Å². The second-order valence-corrected chi connectivity index (χ2v) is 3.75. The van der Waals surface area contributed by atoms with Gasteiger partial charge in [0.15, 0.2) is 5.96 Å². The van der Waals surface area contributed by atoms with Crippen LogP contribution in [0.2, 0.25) is 0 Å². The fourth-order valence-electron chi connectivity index (χ4n) is 1.67. The largest absolute Gasteiger partial charge is 0.370 e. The van der Waals surface area contributed by atoms with Gasteiger partial charge in [-0.15, -0.1) is 0 Å². The van der Waals surface area contributed by atoms with E-state index in [1.807, 2.05) is 18.2 Å². The summed E-state index contributed by atoms with van der Waals surface area (Å²) in [5.41, 5.74) is 12.1. The Morgan fingerprint density at radius 3 is 2.36 bits per heavy atom. The standard InChI is InChI=1S/C11H15N3/c12-11(13)14-10(9-6-7-9)8-4-2-1-3-5-8/h1-5,9-10H,6-7H2,(H4,12,13,14). The van der Waals surface area contributed by atoms with Crippen LogP contribution in [0.5, 0.6) is 0 Å². The summed E-state index contributed by atoms with van der Waals surface area (Å²) >= 11 is 0. The fourth-order valence-corrected chi connectivity index (χ4v) is 1.67. The van der Waals surface area contributed by atoms with Crippen LogP contribution < -0.4 is 11.5 Å². The third-order valence-electron chi connectivity index (χ3n) is 2.50. The predicted molar refractivity (Wildman–Crippen MR) is 57.7 cm³/mol. The normalized spacial score (nSPS) is 17.4. The lowest BCUT2D eigenvalue weighted by Crippen LogP contribution is -2.24. The number of nitrogens with two attached hydrogens (primary N) is 2. The van der Waals surface area contributed by atoms with Gasteiger partial charge in [-0.1, -0.05) is 30.3 Å². The Kier molecular flexibility index (Phi) is 2.39. The van der Waals surface area contributed by atoms with E-state index in [2.05, 4.69) is 17.1 Å². The van der Waals surface area contributed by atoms with Crippen molar-refractivity contribution in [1.82, 2.24) is 0 Å². The molecule has 0 heterocycles. The molecule has 74 valence electrons. The van der Waals surface area contributed by atoms with Crippen molar-refractivity contribution in [2.75, 3.05) is 0 Å². The van der Waals surface area contributed by atoms with Gasteiger partial charge in [0.2, 0.25) is 0 Å². The molecule has 1 fully saturated rings. The Balaban J connectivity index is 2.23. The van der Waals surface area contributed by atoms with E-state index in [1.54, 1.807) is 0 Å². The molecule has 0 radical (unpaired) electrons. The first kappa shape index (κ1) is 9.06. The topological polar surface area (TPSA) is 64.4 Å². The zero-order valence-corrected chi connectivity index (χ0v) is 8.06. The van der Waals surface area contributed by atoms with Crippen LogP contribution in [-0.2, 0) is 0 Å². The molecule has 3 nitrogen and oxygen atoms in total. The molecule has 0 bridgehead atoms. The molecule has 4 N–H and O–H groups in total. The Bertz CT molecular complexity index is 324. The lowest BCUT2D eigenvalue weighted by atomic mass is 10.0. The molecule has 2 rings (SSSR count). The van der Waals surface area contributed by atoms with E-state index in [-0.39, 0.29) is 12.0 Å². The average molecular weight is 189 g/mol. The summed E-state index contributed by atoms with van der Waals surface area (Å²) in [6.45, 7) is 0. The minimum atomic E-state index is 0.168. The molecule has 3 heteroatoms. The van der Waals surface area contributed by atoms with Crippen LogP contribution in [0.4, 0.5) is 0 Å². The van der Waals surface area contributed by atoms with E-state index < -0.39 is 0 Å². The maximum atomic E-state index is 5.42. The molecule has 1 atom stereocenters. The average Bonchev–Trinajstić information content (AvgIpc) is 2.99. The maximum absolute atomic E-state index is 5.42. The van der Waals surface area contributed by atoms with Crippen molar-refractivity contribution in [1.29, 1.82) is 0 Å². The van der Waals surface area contributed by atoms with Crippen LogP contribution in [0.1, 0.15) is 24.4 Å². The van der Waals surface area contributed by atoms with Crippen molar-refractivity contribution < 1.29 is 0 Å². The summed E-state index contributed by atoms with van der Waals surface area (Å²) in [7, 11) is 0. The lowest BCUT2D eigenvalue weighted by Gasteiger charge is -2.11. The molecule has 1 aliphatic rings. The van der Waals surface area contributed by atoms with Crippen LogP contribution in [-0.4, -0.2) is 5.96 Å². The highest BCUT2D eigenvalue weighted by atomic mass is 15.0. The SMILES string of the molecule is NC(N)=NC(c1ccccc1)C1CC1. The number of hydrogen-bond acceptors (Lipinski definition) is 1. The Morgan fingerprint density at radius 1 is 1.21 bits per heavy atom. The van der Waals surface area contributed by atoms with Gasteiger partial charge in [0, 0.05) is 0 Å². The molecular formula is C11H15N3. The van der Waals surface area contributed by atoms with Crippen molar-refractivity contribution in [3.63, 3.8) is 0 Å². The van der Waals surface area contributed by atoms with Gasteiger partial charge >= 0.3 is 0 Å². The molecule has 14 heavy (non-hydrogen) atoms. The van der Waals surface area contributed by atoms with Crippen LogP contribution in [0.3, 0.4) is 0 Å². The van der Waals surface area contributed by atoms with Gasteiger partial charge in [0.25, 0.3) is 0 Å². The van der Waals surface area contributed by atoms with Crippen LogP contribution >= 0.6 is 0 Å². The van der Waals surface area contributed by atoms with Gasteiger partial charge < -0.3 is 11.5 Å². The van der Waals surface area contributed by atoms with Gasteiger partial charge in [-0.2, -0.15) is 0 Å². The quantitative estimate of drug-likeness (QED) is 0.557. The molecule has 0 saturated heterocycles. The fraction of sp³-hybridized carbons (Fsp3) is 0.364. The second kappa shape index (κ2) is 3.70. The van der Waals surface area contributed by atoms with Gasteiger partial charge in [-0.3, -0.25) is 0 Å². The summed E-state index contributed by atoms with van der Waals surface area (Å²) < 4.78 is 0. The number of aliphatic imine (C=N–C) groups is 1. The highest BCUT2D eigenvalue weighted by Crippen LogP contribution is 2.43. The van der Waals surface area contributed by atoms with Crippen molar-refractivity contribution in [3.05, 3.63) is 35.9 Å². The number of nitrogens with zero attached hydrogens (tertiary/aromatic N) is 1. The van der Waals surface area contributed by atoms with Crippen molar-refractivity contribution in [3.8, 4) is 0 Å². The maximum Gasteiger partial charge on any atom is 0.186 e. The van der Waals surface area contributed by atoms with Crippen LogP contribution in [0, 0.1) is 5.92 Å². The van der Waals surface area contributed by atoms with Crippen LogP contribution in [0.15, 0.2) is 35.3 Å². The summed E-state index contributed by atoms with van der Waals surface area (Å²) in [6.07, 6.45) is 2.46. The van der Waals surface area contributed by atoms with E-state index in [4.69, 9.17) is 11.5 Å². The second-order valence-electron chi connectivity index (χ2n) is 3.75. The molecule has 0 aliphatic heterocycles. The lowest BCUT2D eigenvalue weighted by molar-refractivity contribution is 0.634. The highest BCUT2D eigenvalue weighted by Gasteiger charge is 2.32. The minimum absolute atomic E-state index is 0.168. The van der Waals surface area contributed by atoms with E-state index >= 15 is 0 Å². The Hall–Kier alpha value is -1.51. The van der Waals surface area contributed by atoms with Crippen LogP contribution in [0.25, 0.3) is 0 Å². The predicted octanol–water partition coefficient (Wildman–Crippen LogP) is 1.41. The number of benzene rings is 1. The molecule has 0 spiro atoms. The van der Waals surface area contributed by atoms with E-state index in [0.29, 0.717) is 5.92 Å². The number of hydrogen-bond donors (Lipinski definition) is 2. The van der Waals surface area contributed by atoms with Gasteiger partial charge in [0.1, 0.15) is 0 Å². The van der Waals surface area contributed by atoms with E-state index in [9.17, 15) is 0 Å². The first-order valence-electron chi connectivity index (χ1n) is 4.91. The molecule has 0 amide bonds.